The zero-order valence-corrected chi connectivity index (χ0v) is 19.9. The highest BCUT2D eigenvalue weighted by atomic mass is 16.5. The SMILES string of the molecule is CCCCOc1ccc(C(O)=C2C(=O)C(=O)N(CCCOC)[C@@H]2c2ccc(C)cc2)cc1C. The van der Waals surface area contributed by atoms with Crippen LogP contribution in [-0.4, -0.2) is 48.6 Å². The lowest BCUT2D eigenvalue weighted by atomic mass is 9.94. The van der Waals surface area contributed by atoms with E-state index in [1.54, 1.807) is 25.3 Å². The molecule has 3 rings (SSSR count). The van der Waals surface area contributed by atoms with Crippen molar-refractivity contribution in [3.63, 3.8) is 0 Å². The summed E-state index contributed by atoms with van der Waals surface area (Å²) in [6.07, 6.45) is 2.60. The Morgan fingerprint density at radius 2 is 1.76 bits per heavy atom. The molecule has 6 heteroatoms. The summed E-state index contributed by atoms with van der Waals surface area (Å²) in [4.78, 5) is 27.5. The Morgan fingerprint density at radius 3 is 2.39 bits per heavy atom. The Hall–Kier alpha value is -3.12. The van der Waals surface area contributed by atoms with E-state index in [1.165, 1.54) is 4.90 Å². The molecule has 1 N–H and O–H groups in total. The highest BCUT2D eigenvalue weighted by Crippen LogP contribution is 2.40. The maximum Gasteiger partial charge on any atom is 0.295 e. The highest BCUT2D eigenvalue weighted by Gasteiger charge is 2.45. The number of carbonyl (C=O) groups is 2. The number of methoxy groups -OCH3 is 1. The Kier molecular flexibility index (Phi) is 8.28. The summed E-state index contributed by atoms with van der Waals surface area (Å²) in [7, 11) is 1.60. The van der Waals surface area contributed by atoms with E-state index in [-0.39, 0.29) is 11.3 Å². The summed E-state index contributed by atoms with van der Waals surface area (Å²) in [5.74, 6) is -0.697. The Labute approximate surface area is 195 Å². The van der Waals surface area contributed by atoms with Crippen molar-refractivity contribution in [2.45, 2.75) is 46.1 Å². The number of likely N-dealkylation sites (tertiary alicyclic amines) is 1. The zero-order valence-electron chi connectivity index (χ0n) is 19.9. The van der Waals surface area contributed by atoms with E-state index in [0.29, 0.717) is 31.7 Å². The Bertz CT molecular complexity index is 1030. The Balaban J connectivity index is 2.03. The molecule has 1 amide bonds. The second-order valence-electron chi connectivity index (χ2n) is 8.43. The molecule has 0 unspecified atom stereocenters. The van der Waals surface area contributed by atoms with Gasteiger partial charge < -0.3 is 19.5 Å². The van der Waals surface area contributed by atoms with Gasteiger partial charge in [0.1, 0.15) is 11.5 Å². The molecule has 0 aromatic heterocycles. The third-order valence-corrected chi connectivity index (χ3v) is 5.88. The minimum absolute atomic E-state index is 0.111. The molecular weight excluding hydrogens is 418 g/mol. The molecule has 0 bridgehead atoms. The van der Waals surface area contributed by atoms with Crippen LogP contribution >= 0.6 is 0 Å². The molecule has 2 aromatic rings. The normalized spacial score (nSPS) is 17.6. The average molecular weight is 452 g/mol. The number of aliphatic hydroxyl groups is 1. The van der Waals surface area contributed by atoms with Gasteiger partial charge in [0.2, 0.25) is 0 Å². The van der Waals surface area contributed by atoms with E-state index < -0.39 is 17.7 Å². The summed E-state index contributed by atoms with van der Waals surface area (Å²) in [6, 6.07) is 12.4. The highest BCUT2D eigenvalue weighted by molar-refractivity contribution is 6.46. The van der Waals surface area contributed by atoms with E-state index in [0.717, 1.165) is 35.3 Å². The van der Waals surface area contributed by atoms with Crippen molar-refractivity contribution in [2.75, 3.05) is 26.9 Å². The molecule has 0 spiro atoms. The summed E-state index contributed by atoms with van der Waals surface area (Å²) in [5.41, 5.74) is 3.32. The predicted molar refractivity (Wildman–Crippen MR) is 128 cm³/mol. The number of ether oxygens (including phenoxy) is 2. The summed E-state index contributed by atoms with van der Waals surface area (Å²) < 4.78 is 10.9. The van der Waals surface area contributed by atoms with Gasteiger partial charge in [-0.1, -0.05) is 43.2 Å². The van der Waals surface area contributed by atoms with Gasteiger partial charge in [-0.15, -0.1) is 0 Å². The molecule has 0 aliphatic carbocycles. The Morgan fingerprint density at radius 1 is 1.03 bits per heavy atom. The first-order valence-electron chi connectivity index (χ1n) is 11.5. The van der Waals surface area contributed by atoms with Crippen molar-refractivity contribution in [3.8, 4) is 5.75 Å². The van der Waals surface area contributed by atoms with Crippen molar-refractivity contribution >= 4 is 17.4 Å². The molecule has 1 fully saturated rings. The molecule has 1 heterocycles. The van der Waals surface area contributed by atoms with Gasteiger partial charge in [0.15, 0.2) is 0 Å². The van der Waals surface area contributed by atoms with Gasteiger partial charge in [-0.25, -0.2) is 0 Å². The van der Waals surface area contributed by atoms with E-state index in [4.69, 9.17) is 9.47 Å². The number of nitrogens with zero attached hydrogens (tertiary/aromatic N) is 1. The van der Waals surface area contributed by atoms with Crippen LogP contribution in [0.1, 0.15) is 54.5 Å². The average Bonchev–Trinajstić information content (AvgIpc) is 3.05. The fourth-order valence-corrected chi connectivity index (χ4v) is 4.03. The van der Waals surface area contributed by atoms with Crippen LogP contribution in [0.25, 0.3) is 5.76 Å². The van der Waals surface area contributed by atoms with Crippen LogP contribution in [-0.2, 0) is 14.3 Å². The van der Waals surface area contributed by atoms with Crippen LogP contribution < -0.4 is 4.74 Å². The number of rotatable bonds is 10. The van der Waals surface area contributed by atoms with Gasteiger partial charge in [0, 0.05) is 25.8 Å². The zero-order chi connectivity index (χ0) is 24.0. The number of amides is 1. The van der Waals surface area contributed by atoms with Crippen LogP contribution in [0.5, 0.6) is 5.75 Å². The van der Waals surface area contributed by atoms with Gasteiger partial charge in [0.05, 0.1) is 18.2 Å². The molecule has 2 aromatic carbocycles. The number of hydrogen-bond donors (Lipinski definition) is 1. The molecular formula is C27H33NO5. The molecule has 33 heavy (non-hydrogen) atoms. The predicted octanol–water partition coefficient (Wildman–Crippen LogP) is 4.94. The van der Waals surface area contributed by atoms with E-state index >= 15 is 0 Å². The number of unbranched alkanes of at least 4 members (excludes halogenated alkanes) is 1. The third-order valence-electron chi connectivity index (χ3n) is 5.88. The molecule has 1 saturated heterocycles. The fraction of sp³-hybridized carbons (Fsp3) is 0.407. The van der Waals surface area contributed by atoms with Crippen LogP contribution in [0.2, 0.25) is 0 Å². The summed E-state index contributed by atoms with van der Waals surface area (Å²) in [5, 5.41) is 11.2. The molecule has 1 atom stereocenters. The van der Waals surface area contributed by atoms with Crippen molar-refractivity contribution in [1.82, 2.24) is 4.90 Å². The topological polar surface area (TPSA) is 76.1 Å². The first-order valence-corrected chi connectivity index (χ1v) is 11.5. The van der Waals surface area contributed by atoms with Crippen molar-refractivity contribution < 1.29 is 24.2 Å². The van der Waals surface area contributed by atoms with Crippen molar-refractivity contribution in [3.05, 3.63) is 70.3 Å². The number of hydrogen-bond acceptors (Lipinski definition) is 5. The quantitative estimate of drug-likeness (QED) is 0.240. The standard InChI is InChI=1S/C27H33NO5/c1-5-6-16-33-22-13-12-21(17-19(22)3)25(29)23-24(20-10-8-18(2)9-11-20)28(14-7-15-32-4)27(31)26(23)30/h8-13,17,24,29H,5-7,14-16H2,1-4H3/t24-/m1/s1. The molecule has 1 aliphatic rings. The lowest BCUT2D eigenvalue weighted by molar-refractivity contribution is -0.140. The fourth-order valence-electron chi connectivity index (χ4n) is 4.03. The summed E-state index contributed by atoms with van der Waals surface area (Å²) >= 11 is 0. The van der Waals surface area contributed by atoms with Crippen molar-refractivity contribution in [1.29, 1.82) is 0 Å². The molecule has 0 radical (unpaired) electrons. The lowest BCUT2D eigenvalue weighted by Crippen LogP contribution is -2.31. The summed E-state index contributed by atoms with van der Waals surface area (Å²) in [6.45, 7) is 7.44. The van der Waals surface area contributed by atoms with Crippen LogP contribution in [0.4, 0.5) is 0 Å². The van der Waals surface area contributed by atoms with E-state index in [9.17, 15) is 14.7 Å². The maximum absolute atomic E-state index is 13.1. The largest absolute Gasteiger partial charge is 0.507 e. The number of carbonyl (C=O) groups excluding carboxylic acids is 2. The number of aliphatic hydroxyl groups excluding tert-OH is 1. The lowest BCUT2D eigenvalue weighted by Gasteiger charge is -2.25. The van der Waals surface area contributed by atoms with Gasteiger partial charge in [-0.2, -0.15) is 0 Å². The van der Waals surface area contributed by atoms with Crippen LogP contribution in [0, 0.1) is 13.8 Å². The minimum atomic E-state index is -0.670. The maximum atomic E-state index is 13.1. The van der Waals surface area contributed by atoms with Gasteiger partial charge in [-0.3, -0.25) is 9.59 Å². The first-order chi connectivity index (χ1) is 15.9. The number of aryl methyl sites for hydroxylation is 2. The van der Waals surface area contributed by atoms with E-state index in [2.05, 4.69) is 6.92 Å². The van der Waals surface area contributed by atoms with Gasteiger partial charge in [-0.05, 0) is 56.0 Å². The monoisotopic (exact) mass is 451 g/mol. The van der Waals surface area contributed by atoms with Crippen LogP contribution in [0.3, 0.4) is 0 Å². The van der Waals surface area contributed by atoms with Crippen LogP contribution in [0.15, 0.2) is 48.0 Å². The minimum Gasteiger partial charge on any atom is -0.507 e. The molecule has 176 valence electrons. The first kappa shape index (κ1) is 24.5. The van der Waals surface area contributed by atoms with Gasteiger partial charge >= 0.3 is 0 Å². The second kappa shape index (κ2) is 11.1. The molecule has 0 saturated carbocycles. The third kappa shape index (κ3) is 5.45. The van der Waals surface area contributed by atoms with Gasteiger partial charge in [0.25, 0.3) is 11.7 Å². The smallest absolute Gasteiger partial charge is 0.295 e. The number of benzene rings is 2. The van der Waals surface area contributed by atoms with E-state index in [1.807, 2.05) is 38.1 Å². The molecule has 6 nitrogen and oxygen atoms in total. The molecule has 1 aliphatic heterocycles. The van der Waals surface area contributed by atoms with Crippen molar-refractivity contribution in [2.24, 2.45) is 0 Å². The number of ketones is 1. The second-order valence-corrected chi connectivity index (χ2v) is 8.43. The number of Topliss-reactive ketones (excluding diaryl/α,β-unsaturated/α-hetero) is 1.